The first-order chi connectivity index (χ1) is 13.7. The quantitative estimate of drug-likeness (QED) is 0.579. The lowest BCUT2D eigenvalue weighted by atomic mass is 10.1. The third-order valence-electron chi connectivity index (χ3n) is 4.07. The Morgan fingerprint density at radius 2 is 1.76 bits per heavy atom. The van der Waals surface area contributed by atoms with E-state index in [1.807, 2.05) is 0 Å². The monoisotopic (exact) mass is 442 g/mol. The third-order valence-corrected chi connectivity index (χ3v) is 5.73. The smallest absolute Gasteiger partial charge is 0.262 e. The Hall–Kier alpha value is -2.49. The van der Waals surface area contributed by atoms with E-state index in [1.165, 1.54) is 45.6 Å². The summed E-state index contributed by atoms with van der Waals surface area (Å²) in [6.45, 7) is 2.39. The Kier molecular flexibility index (Phi) is 7.72. The van der Waals surface area contributed by atoms with Crippen molar-refractivity contribution >= 4 is 33.2 Å². The molecule has 0 bridgehead atoms. The number of methoxy groups -OCH3 is 3. The predicted molar refractivity (Wildman–Crippen MR) is 111 cm³/mol. The molecule has 2 rings (SSSR count). The van der Waals surface area contributed by atoms with Crippen LogP contribution in [-0.4, -0.2) is 48.8 Å². The van der Waals surface area contributed by atoms with Crippen LogP contribution in [-0.2, 0) is 14.8 Å². The summed E-state index contributed by atoms with van der Waals surface area (Å²) >= 11 is 6.06. The number of rotatable bonds is 9. The van der Waals surface area contributed by atoms with Crippen molar-refractivity contribution in [3.05, 3.63) is 46.5 Å². The molecule has 0 heterocycles. The van der Waals surface area contributed by atoms with E-state index < -0.39 is 10.0 Å². The van der Waals surface area contributed by atoms with Crippen molar-refractivity contribution in [2.45, 2.75) is 11.8 Å². The fourth-order valence-corrected chi connectivity index (χ4v) is 3.84. The minimum Gasteiger partial charge on any atom is -0.495 e. The van der Waals surface area contributed by atoms with E-state index in [4.69, 9.17) is 25.8 Å². The maximum absolute atomic E-state index is 12.9. The summed E-state index contributed by atoms with van der Waals surface area (Å²) in [7, 11) is 0.319. The molecule has 0 fully saturated rings. The highest BCUT2D eigenvalue weighted by Gasteiger charge is 2.21. The van der Waals surface area contributed by atoms with Crippen molar-refractivity contribution in [2.75, 3.05) is 39.2 Å². The van der Waals surface area contributed by atoms with Gasteiger partial charge in [0.25, 0.3) is 15.9 Å². The number of hydrogen-bond acceptors (Lipinski definition) is 6. The molecule has 158 valence electrons. The molecule has 8 nitrogen and oxygen atoms in total. The predicted octanol–water partition coefficient (Wildman–Crippen LogP) is 2.84. The van der Waals surface area contributed by atoms with Gasteiger partial charge in [-0.1, -0.05) is 17.7 Å². The van der Waals surface area contributed by atoms with Crippen LogP contribution in [0.4, 0.5) is 5.69 Å². The highest BCUT2D eigenvalue weighted by molar-refractivity contribution is 7.92. The van der Waals surface area contributed by atoms with Gasteiger partial charge in [-0.25, -0.2) is 8.42 Å². The molecule has 0 radical (unpaired) electrons. The van der Waals surface area contributed by atoms with Gasteiger partial charge in [0, 0.05) is 31.4 Å². The first kappa shape index (κ1) is 22.8. The first-order valence-electron chi connectivity index (χ1n) is 8.55. The van der Waals surface area contributed by atoms with Gasteiger partial charge in [0.05, 0.1) is 36.4 Å². The maximum atomic E-state index is 12.9. The Morgan fingerprint density at radius 1 is 1.07 bits per heavy atom. The van der Waals surface area contributed by atoms with Gasteiger partial charge in [0.2, 0.25) is 0 Å². The normalized spacial score (nSPS) is 11.1. The molecule has 10 heteroatoms. The van der Waals surface area contributed by atoms with E-state index in [0.717, 1.165) is 0 Å². The molecule has 0 atom stereocenters. The summed E-state index contributed by atoms with van der Waals surface area (Å²) in [5.74, 6) is 0.124. The third kappa shape index (κ3) is 5.53. The topological polar surface area (TPSA) is 103 Å². The number of carbonyl (C=O) groups excluding carboxylic acids is 1. The number of ether oxygens (including phenoxy) is 3. The average Bonchev–Trinajstić information content (AvgIpc) is 2.69. The lowest BCUT2D eigenvalue weighted by Crippen LogP contribution is -2.28. The van der Waals surface area contributed by atoms with Gasteiger partial charge in [0.15, 0.2) is 0 Å². The summed E-state index contributed by atoms with van der Waals surface area (Å²) in [6.07, 6.45) is 0. The van der Waals surface area contributed by atoms with Crippen molar-refractivity contribution in [3.63, 3.8) is 0 Å². The second kappa shape index (κ2) is 9.82. The van der Waals surface area contributed by atoms with Crippen LogP contribution >= 0.6 is 11.6 Å². The zero-order chi connectivity index (χ0) is 21.6. The van der Waals surface area contributed by atoms with Gasteiger partial charge in [-0.3, -0.25) is 9.52 Å². The van der Waals surface area contributed by atoms with Gasteiger partial charge >= 0.3 is 0 Å². The van der Waals surface area contributed by atoms with E-state index in [0.29, 0.717) is 18.7 Å². The fourth-order valence-electron chi connectivity index (χ4n) is 2.52. The number of halogens is 1. The van der Waals surface area contributed by atoms with Crippen LogP contribution in [0.5, 0.6) is 11.5 Å². The number of sulfonamides is 1. The highest BCUT2D eigenvalue weighted by Crippen LogP contribution is 2.37. The largest absolute Gasteiger partial charge is 0.495 e. The van der Waals surface area contributed by atoms with Crippen LogP contribution in [0.1, 0.15) is 15.9 Å². The van der Waals surface area contributed by atoms with E-state index >= 15 is 0 Å². The van der Waals surface area contributed by atoms with Crippen molar-refractivity contribution in [1.82, 2.24) is 5.32 Å². The molecular formula is C19H23ClN2O6S. The van der Waals surface area contributed by atoms with E-state index in [2.05, 4.69) is 10.0 Å². The molecule has 2 aromatic rings. The number of nitrogens with one attached hydrogen (secondary N) is 2. The first-order valence-corrected chi connectivity index (χ1v) is 10.4. The van der Waals surface area contributed by atoms with Crippen molar-refractivity contribution in [1.29, 1.82) is 0 Å². The molecule has 1 amide bonds. The number of carbonyl (C=O) groups is 1. The zero-order valence-corrected chi connectivity index (χ0v) is 18.1. The number of aryl methyl sites for hydroxylation is 1. The molecule has 0 aliphatic heterocycles. The van der Waals surface area contributed by atoms with Gasteiger partial charge in [-0.2, -0.15) is 0 Å². The summed E-state index contributed by atoms with van der Waals surface area (Å²) in [5, 5.41) is 2.95. The van der Waals surface area contributed by atoms with Gasteiger partial charge in [-0.15, -0.1) is 0 Å². The molecule has 0 saturated carbocycles. The van der Waals surface area contributed by atoms with Crippen LogP contribution < -0.4 is 19.5 Å². The number of hydrogen-bond donors (Lipinski definition) is 2. The van der Waals surface area contributed by atoms with Gasteiger partial charge in [-0.05, 0) is 24.6 Å². The van der Waals surface area contributed by atoms with Crippen LogP contribution in [0.2, 0.25) is 5.02 Å². The second-order valence-electron chi connectivity index (χ2n) is 6.02. The van der Waals surface area contributed by atoms with E-state index in [9.17, 15) is 13.2 Å². The van der Waals surface area contributed by atoms with Gasteiger partial charge < -0.3 is 19.5 Å². The Labute approximate surface area is 175 Å². The number of benzene rings is 2. The lowest BCUT2D eigenvalue weighted by molar-refractivity contribution is 0.0936. The van der Waals surface area contributed by atoms with Crippen molar-refractivity contribution in [3.8, 4) is 11.5 Å². The zero-order valence-electron chi connectivity index (χ0n) is 16.5. The molecule has 2 aromatic carbocycles. The van der Waals surface area contributed by atoms with Crippen LogP contribution in [0.25, 0.3) is 0 Å². The summed E-state index contributed by atoms with van der Waals surface area (Å²) < 4.78 is 43.5. The fraction of sp³-hybridized carbons (Fsp3) is 0.316. The molecular weight excluding hydrogens is 420 g/mol. The van der Waals surface area contributed by atoms with Crippen LogP contribution in [0, 0.1) is 6.92 Å². The molecule has 29 heavy (non-hydrogen) atoms. The van der Waals surface area contributed by atoms with E-state index in [-0.39, 0.29) is 38.6 Å². The SMILES string of the molecule is COCCNC(=O)c1cc(S(=O)(=O)Nc2cc(OC)c(Cl)cc2OC)ccc1C. The van der Waals surface area contributed by atoms with Crippen LogP contribution in [0.3, 0.4) is 0 Å². The molecule has 0 unspecified atom stereocenters. The van der Waals surface area contributed by atoms with Gasteiger partial charge in [0.1, 0.15) is 11.5 Å². The highest BCUT2D eigenvalue weighted by atomic mass is 35.5. The standard InChI is InChI=1S/C19H23ClN2O6S/c1-12-5-6-13(9-14(12)19(23)21-7-8-26-2)29(24,25)22-16-11-17(27-3)15(20)10-18(16)28-4/h5-6,9-11,22H,7-8H2,1-4H3,(H,21,23). The lowest BCUT2D eigenvalue weighted by Gasteiger charge is -2.15. The van der Waals surface area contributed by atoms with E-state index in [1.54, 1.807) is 13.0 Å². The molecule has 0 aliphatic rings. The molecule has 0 aliphatic carbocycles. The second-order valence-corrected chi connectivity index (χ2v) is 8.11. The Morgan fingerprint density at radius 3 is 2.38 bits per heavy atom. The minimum atomic E-state index is -4.02. The van der Waals surface area contributed by atoms with Crippen molar-refractivity contribution < 1.29 is 27.4 Å². The average molecular weight is 443 g/mol. The Balaban J connectivity index is 2.37. The van der Waals surface area contributed by atoms with Crippen LogP contribution in [0.15, 0.2) is 35.2 Å². The molecule has 2 N–H and O–H groups in total. The summed E-state index contributed by atoms with van der Waals surface area (Å²) in [6, 6.07) is 7.18. The molecule has 0 spiro atoms. The molecule has 0 aromatic heterocycles. The maximum Gasteiger partial charge on any atom is 0.262 e. The summed E-state index contributed by atoms with van der Waals surface area (Å²) in [5.41, 5.74) is 1.05. The number of amides is 1. The Bertz CT molecular complexity index is 994. The van der Waals surface area contributed by atoms with Crippen molar-refractivity contribution in [2.24, 2.45) is 0 Å². The minimum absolute atomic E-state index is 0.0732. The number of anilines is 1. The molecule has 0 saturated heterocycles. The summed E-state index contributed by atoms with van der Waals surface area (Å²) in [4.78, 5) is 12.3.